The molecular weight excluding hydrogens is 336 g/mol. The van der Waals surface area contributed by atoms with Crippen molar-refractivity contribution in [3.8, 4) is 0 Å². The third kappa shape index (κ3) is 4.46. The molecular formula is C16H14ClF2N3Si. The van der Waals surface area contributed by atoms with Crippen molar-refractivity contribution in [3.05, 3.63) is 83.9 Å². The summed E-state index contributed by atoms with van der Waals surface area (Å²) in [6.45, 7) is 0. The fourth-order valence-corrected chi connectivity index (χ4v) is 3.65. The molecule has 2 radical (unpaired) electrons. The van der Waals surface area contributed by atoms with E-state index in [-0.39, 0.29) is 29.6 Å². The summed E-state index contributed by atoms with van der Waals surface area (Å²) in [6.07, 6.45) is 4.09. The molecule has 3 aromatic rings. The van der Waals surface area contributed by atoms with Gasteiger partial charge in [0.25, 0.3) is 0 Å². The van der Waals surface area contributed by atoms with Crippen molar-refractivity contribution in [1.82, 2.24) is 14.8 Å². The molecule has 3 rings (SSSR count). The lowest BCUT2D eigenvalue weighted by molar-refractivity contribution is 0.626. The fourth-order valence-electron chi connectivity index (χ4n) is 2.24. The fraction of sp³-hybridized carbons (Fsp3) is 0.125. The summed E-state index contributed by atoms with van der Waals surface area (Å²) in [5.41, 5.74) is 2.11. The number of halogens is 3. The molecule has 0 aliphatic carbocycles. The minimum Gasteiger partial charge on any atom is -0.324 e. The second-order valence-corrected chi connectivity index (χ2v) is 6.18. The summed E-state index contributed by atoms with van der Waals surface area (Å²) in [4.78, 5) is 0. The van der Waals surface area contributed by atoms with Crippen LogP contribution in [0.15, 0.2) is 61.2 Å². The molecule has 0 saturated heterocycles. The number of nitrogens with zero attached hydrogens (tertiary/aromatic N) is 3. The summed E-state index contributed by atoms with van der Waals surface area (Å²) < 4.78 is 28.2. The van der Waals surface area contributed by atoms with Gasteiger partial charge in [-0.15, -0.1) is 22.6 Å². The molecule has 3 nitrogen and oxygen atoms in total. The van der Waals surface area contributed by atoms with E-state index in [9.17, 15) is 8.78 Å². The molecule has 0 atom stereocenters. The Balaban J connectivity index is 0.00000192. The van der Waals surface area contributed by atoms with Gasteiger partial charge < -0.3 is 4.57 Å². The average Bonchev–Trinajstić information content (AvgIpc) is 3.04. The molecule has 0 saturated carbocycles. The zero-order valence-electron chi connectivity index (χ0n) is 12.1. The molecule has 118 valence electrons. The Morgan fingerprint density at radius 1 is 0.826 bits per heavy atom. The molecule has 1 aromatic heterocycles. The van der Waals surface area contributed by atoms with Crippen molar-refractivity contribution in [2.45, 2.75) is 11.7 Å². The summed E-state index contributed by atoms with van der Waals surface area (Å²) in [7, 11) is 0.504. The lowest BCUT2D eigenvalue weighted by atomic mass is 10.0. The van der Waals surface area contributed by atoms with Crippen LogP contribution < -0.4 is 0 Å². The van der Waals surface area contributed by atoms with Crippen molar-refractivity contribution < 1.29 is 8.78 Å². The first kappa shape index (κ1) is 17.3. The van der Waals surface area contributed by atoms with Gasteiger partial charge in [-0.2, -0.15) is 0 Å². The summed E-state index contributed by atoms with van der Waals surface area (Å²) in [5, 5.41) is 7.57. The third-order valence-corrected chi connectivity index (χ3v) is 4.97. The van der Waals surface area contributed by atoms with Gasteiger partial charge in [-0.3, -0.25) is 0 Å². The maximum absolute atomic E-state index is 13.1. The normalized spacial score (nSPS) is 10.6. The number of rotatable bonds is 5. The van der Waals surface area contributed by atoms with Gasteiger partial charge in [-0.05, 0) is 35.4 Å². The quantitative estimate of drug-likeness (QED) is 0.661. The Kier molecular flexibility index (Phi) is 6.01. The van der Waals surface area contributed by atoms with E-state index in [1.165, 1.54) is 24.3 Å². The predicted molar refractivity (Wildman–Crippen MR) is 87.7 cm³/mol. The second-order valence-electron chi connectivity index (χ2n) is 4.87. The van der Waals surface area contributed by atoms with Crippen molar-refractivity contribution in [2.75, 3.05) is 0 Å². The van der Waals surface area contributed by atoms with Crippen LogP contribution in [0.1, 0.15) is 16.7 Å². The molecule has 7 heteroatoms. The van der Waals surface area contributed by atoms with E-state index in [1.807, 2.05) is 4.57 Å². The summed E-state index contributed by atoms with van der Waals surface area (Å²) in [6, 6.07) is 12.9. The Labute approximate surface area is 141 Å². The largest absolute Gasteiger partial charge is 0.324 e. The zero-order valence-corrected chi connectivity index (χ0v) is 13.9. The molecule has 1 heterocycles. The van der Waals surface area contributed by atoms with E-state index in [4.69, 9.17) is 0 Å². The lowest BCUT2D eigenvalue weighted by Crippen LogP contribution is -2.16. The van der Waals surface area contributed by atoms with E-state index in [2.05, 4.69) is 10.2 Å². The molecule has 0 N–H and O–H groups in total. The highest BCUT2D eigenvalue weighted by Crippen LogP contribution is 2.24. The van der Waals surface area contributed by atoms with E-state index in [0.29, 0.717) is 9.52 Å². The van der Waals surface area contributed by atoms with Crippen molar-refractivity contribution >= 4 is 21.9 Å². The van der Waals surface area contributed by atoms with Crippen molar-refractivity contribution in [3.63, 3.8) is 0 Å². The van der Waals surface area contributed by atoms with Crippen LogP contribution in [0.4, 0.5) is 8.78 Å². The average molecular weight is 350 g/mol. The summed E-state index contributed by atoms with van der Waals surface area (Å²) >= 11 is 0. The first-order valence-corrected chi connectivity index (χ1v) is 8.07. The minimum absolute atomic E-state index is 0. The zero-order chi connectivity index (χ0) is 15.4. The maximum Gasteiger partial charge on any atom is 0.123 e. The van der Waals surface area contributed by atoms with Crippen molar-refractivity contribution in [2.24, 2.45) is 0 Å². The van der Waals surface area contributed by atoms with E-state index < -0.39 is 0 Å². The standard InChI is InChI=1S/C16H13F2N3Si.ClH/c17-14-5-1-12(2-6-14)16(13-3-7-15(18)8-4-13)22-11-21-9-19-20-10-21;/h1-10,16H,11H2;1H. The Morgan fingerprint density at radius 2 is 1.26 bits per heavy atom. The van der Waals surface area contributed by atoms with Gasteiger partial charge in [-0.25, -0.2) is 8.78 Å². The van der Waals surface area contributed by atoms with Gasteiger partial charge in [0.1, 0.15) is 24.3 Å². The predicted octanol–water partition coefficient (Wildman–Crippen LogP) is 3.43. The van der Waals surface area contributed by atoms with Crippen LogP contribution in [0.25, 0.3) is 0 Å². The lowest BCUT2D eigenvalue weighted by Gasteiger charge is -2.17. The van der Waals surface area contributed by atoms with Gasteiger partial charge in [0.05, 0.1) is 9.52 Å². The highest BCUT2D eigenvalue weighted by atomic mass is 35.5. The highest BCUT2D eigenvalue weighted by Gasteiger charge is 2.15. The molecule has 0 aliphatic rings. The van der Waals surface area contributed by atoms with Crippen LogP contribution in [-0.2, 0) is 6.17 Å². The first-order chi connectivity index (χ1) is 10.7. The number of hydrogen-bond donors (Lipinski definition) is 0. The Bertz CT molecular complexity index is 673. The maximum atomic E-state index is 13.1. The first-order valence-electron chi connectivity index (χ1n) is 6.79. The number of hydrogen-bond acceptors (Lipinski definition) is 2. The van der Waals surface area contributed by atoms with E-state index >= 15 is 0 Å². The van der Waals surface area contributed by atoms with Gasteiger partial charge in [0.15, 0.2) is 0 Å². The van der Waals surface area contributed by atoms with Gasteiger partial charge in [-0.1, -0.05) is 24.3 Å². The van der Waals surface area contributed by atoms with Crippen LogP contribution >= 0.6 is 12.4 Å². The molecule has 0 spiro atoms. The highest BCUT2D eigenvalue weighted by molar-refractivity contribution is 6.37. The molecule has 0 unspecified atom stereocenters. The number of aromatic nitrogens is 3. The van der Waals surface area contributed by atoms with Crippen LogP contribution in [0, 0.1) is 11.6 Å². The Hall–Kier alpha value is -2.05. The smallest absolute Gasteiger partial charge is 0.123 e. The van der Waals surface area contributed by atoms with E-state index in [1.54, 1.807) is 36.9 Å². The monoisotopic (exact) mass is 349 g/mol. The summed E-state index contributed by atoms with van der Waals surface area (Å²) in [5.74, 6) is -0.521. The van der Waals surface area contributed by atoms with Crippen LogP contribution in [0.3, 0.4) is 0 Å². The van der Waals surface area contributed by atoms with Gasteiger partial charge >= 0.3 is 0 Å². The topological polar surface area (TPSA) is 30.7 Å². The van der Waals surface area contributed by atoms with E-state index in [0.717, 1.165) is 17.3 Å². The second kappa shape index (κ2) is 7.98. The molecule has 0 aliphatic heterocycles. The molecule has 0 bridgehead atoms. The Morgan fingerprint density at radius 3 is 1.70 bits per heavy atom. The molecule has 2 aromatic carbocycles. The molecule has 23 heavy (non-hydrogen) atoms. The van der Waals surface area contributed by atoms with Gasteiger partial charge in [0, 0.05) is 11.7 Å². The molecule has 0 fully saturated rings. The third-order valence-electron chi connectivity index (χ3n) is 3.35. The van der Waals surface area contributed by atoms with Crippen LogP contribution in [-0.4, -0.2) is 24.3 Å². The van der Waals surface area contributed by atoms with Gasteiger partial charge in [0.2, 0.25) is 0 Å². The van der Waals surface area contributed by atoms with Crippen molar-refractivity contribution in [1.29, 1.82) is 0 Å². The molecule has 0 amide bonds. The minimum atomic E-state index is -0.260. The van der Waals surface area contributed by atoms with Crippen LogP contribution in [0.2, 0.25) is 0 Å². The van der Waals surface area contributed by atoms with Crippen LogP contribution in [0.5, 0.6) is 0 Å². The number of benzene rings is 2. The SMILES string of the molecule is Cl.Fc1ccc(C([Si]Cn2cnnc2)c2ccc(F)cc2)cc1.